The molecule has 110 valence electrons. The molecule has 0 saturated carbocycles. The first-order valence-corrected chi connectivity index (χ1v) is 7.20. The van der Waals surface area contributed by atoms with E-state index in [0.29, 0.717) is 19.5 Å². The van der Waals surface area contributed by atoms with Crippen molar-refractivity contribution in [3.05, 3.63) is 36.0 Å². The lowest BCUT2D eigenvalue weighted by molar-refractivity contribution is -0.132. The van der Waals surface area contributed by atoms with Gasteiger partial charge in [0.15, 0.2) is 0 Å². The molecule has 0 aliphatic carbocycles. The minimum Gasteiger partial charge on any atom is -0.361 e. The fraction of sp³-hybridized carbons (Fsp3) is 0.353. The zero-order valence-corrected chi connectivity index (χ0v) is 12.3. The molecule has 1 heterocycles. The highest BCUT2D eigenvalue weighted by Gasteiger charge is 2.21. The number of hydrogen-bond acceptors (Lipinski definition) is 2. The molecule has 2 aromatic rings. The number of nitrogens with zero attached hydrogens (tertiary/aromatic N) is 1. The number of benzene rings is 1. The molecular formula is C17H21N3O. The standard InChI is InChI=1S/C17H21N3O/c1-3-9-20(10-4-2)17(21)15(18)11-13-12-19-16-8-6-5-7-14(13)16/h1,5-8,12,15,19H,4,9-11,18H2,2H3/t15-/m0/s1. The molecule has 0 radical (unpaired) electrons. The van der Waals surface area contributed by atoms with Crippen molar-refractivity contribution in [1.82, 2.24) is 9.88 Å². The quantitative estimate of drug-likeness (QED) is 0.796. The van der Waals surface area contributed by atoms with Crippen LogP contribution < -0.4 is 5.73 Å². The Hall–Kier alpha value is -2.25. The number of nitrogens with two attached hydrogens (primary N) is 1. The van der Waals surface area contributed by atoms with Gasteiger partial charge in [-0.25, -0.2) is 0 Å². The molecule has 1 aromatic heterocycles. The second-order valence-electron chi connectivity index (χ2n) is 5.13. The van der Waals surface area contributed by atoms with Crippen molar-refractivity contribution >= 4 is 16.8 Å². The van der Waals surface area contributed by atoms with Gasteiger partial charge in [0, 0.05) is 23.6 Å². The van der Waals surface area contributed by atoms with Crippen molar-refractivity contribution in [2.24, 2.45) is 5.73 Å². The fourth-order valence-electron chi connectivity index (χ4n) is 2.51. The number of aromatic amines is 1. The number of carbonyl (C=O) groups is 1. The normalized spacial score (nSPS) is 12.0. The Morgan fingerprint density at radius 2 is 2.24 bits per heavy atom. The summed E-state index contributed by atoms with van der Waals surface area (Å²) >= 11 is 0. The van der Waals surface area contributed by atoms with Crippen LogP contribution in [0, 0.1) is 12.3 Å². The summed E-state index contributed by atoms with van der Waals surface area (Å²) in [5.41, 5.74) is 8.20. The van der Waals surface area contributed by atoms with Gasteiger partial charge in [0.05, 0.1) is 12.6 Å². The molecule has 0 unspecified atom stereocenters. The third-order valence-electron chi connectivity index (χ3n) is 3.52. The van der Waals surface area contributed by atoms with E-state index in [2.05, 4.69) is 10.9 Å². The molecule has 0 fully saturated rings. The lowest BCUT2D eigenvalue weighted by Gasteiger charge is -2.23. The van der Waals surface area contributed by atoms with Crippen LogP contribution in [0.3, 0.4) is 0 Å². The number of rotatable bonds is 6. The van der Waals surface area contributed by atoms with E-state index < -0.39 is 6.04 Å². The Bertz CT molecular complexity index is 653. The van der Waals surface area contributed by atoms with Crippen LogP contribution in [0.4, 0.5) is 0 Å². The van der Waals surface area contributed by atoms with Crippen molar-refractivity contribution in [3.63, 3.8) is 0 Å². The highest BCUT2D eigenvalue weighted by molar-refractivity contribution is 5.86. The van der Waals surface area contributed by atoms with Crippen molar-refractivity contribution in [3.8, 4) is 12.3 Å². The predicted octanol–water partition coefficient (Wildman–Crippen LogP) is 1.91. The van der Waals surface area contributed by atoms with Gasteiger partial charge < -0.3 is 15.6 Å². The minimum absolute atomic E-state index is 0.0833. The average molecular weight is 283 g/mol. The molecule has 2 rings (SSSR count). The highest BCUT2D eigenvalue weighted by Crippen LogP contribution is 2.19. The van der Waals surface area contributed by atoms with Gasteiger partial charge in [-0.3, -0.25) is 4.79 Å². The maximum atomic E-state index is 12.4. The topological polar surface area (TPSA) is 62.1 Å². The van der Waals surface area contributed by atoms with Crippen LogP contribution in [-0.4, -0.2) is 34.9 Å². The van der Waals surface area contributed by atoms with Gasteiger partial charge in [-0.05, 0) is 24.5 Å². The van der Waals surface area contributed by atoms with Crippen molar-refractivity contribution < 1.29 is 4.79 Å². The molecule has 1 amide bonds. The summed E-state index contributed by atoms with van der Waals surface area (Å²) in [4.78, 5) is 17.2. The molecule has 3 N–H and O–H groups in total. The van der Waals surface area contributed by atoms with Crippen LogP contribution in [0.25, 0.3) is 10.9 Å². The Labute approximate surface area is 125 Å². The lowest BCUT2D eigenvalue weighted by atomic mass is 10.0. The zero-order valence-electron chi connectivity index (χ0n) is 12.3. The van der Waals surface area contributed by atoms with Crippen molar-refractivity contribution in [2.75, 3.05) is 13.1 Å². The number of fused-ring (bicyclic) bond motifs is 1. The summed E-state index contributed by atoms with van der Waals surface area (Å²) < 4.78 is 0. The molecule has 1 atom stereocenters. The maximum Gasteiger partial charge on any atom is 0.240 e. The fourth-order valence-corrected chi connectivity index (χ4v) is 2.51. The Morgan fingerprint density at radius 3 is 2.95 bits per heavy atom. The van der Waals surface area contributed by atoms with E-state index in [9.17, 15) is 4.79 Å². The largest absolute Gasteiger partial charge is 0.361 e. The van der Waals surface area contributed by atoms with E-state index in [1.807, 2.05) is 37.4 Å². The third kappa shape index (κ3) is 3.45. The van der Waals surface area contributed by atoms with E-state index in [0.717, 1.165) is 22.9 Å². The monoisotopic (exact) mass is 283 g/mol. The van der Waals surface area contributed by atoms with Gasteiger partial charge in [-0.2, -0.15) is 0 Å². The van der Waals surface area contributed by atoms with E-state index in [1.54, 1.807) is 4.90 Å². The summed E-state index contributed by atoms with van der Waals surface area (Å²) in [5, 5.41) is 1.11. The number of aromatic nitrogens is 1. The number of amides is 1. The number of carbonyl (C=O) groups excluding carboxylic acids is 1. The molecule has 0 saturated heterocycles. The van der Waals surface area contributed by atoms with Gasteiger partial charge in [-0.15, -0.1) is 6.42 Å². The van der Waals surface area contributed by atoms with Gasteiger partial charge in [0.25, 0.3) is 0 Å². The van der Waals surface area contributed by atoms with Crippen LogP contribution in [-0.2, 0) is 11.2 Å². The summed E-state index contributed by atoms with van der Waals surface area (Å²) in [5.74, 6) is 2.44. The van der Waals surface area contributed by atoms with E-state index >= 15 is 0 Å². The van der Waals surface area contributed by atoms with E-state index in [4.69, 9.17) is 12.2 Å². The van der Waals surface area contributed by atoms with Gasteiger partial charge in [0.1, 0.15) is 0 Å². The first-order valence-electron chi connectivity index (χ1n) is 7.20. The Balaban J connectivity index is 2.11. The smallest absolute Gasteiger partial charge is 0.240 e. The number of H-pyrrole nitrogens is 1. The molecule has 4 heteroatoms. The first kappa shape index (κ1) is 15.1. The summed E-state index contributed by atoms with van der Waals surface area (Å²) in [6, 6.07) is 7.43. The molecule has 0 aliphatic heterocycles. The molecular weight excluding hydrogens is 262 g/mol. The molecule has 4 nitrogen and oxygen atoms in total. The number of terminal acetylenes is 1. The van der Waals surface area contributed by atoms with Crippen LogP contribution in [0.2, 0.25) is 0 Å². The van der Waals surface area contributed by atoms with Crippen molar-refractivity contribution in [2.45, 2.75) is 25.8 Å². The van der Waals surface area contributed by atoms with Crippen molar-refractivity contribution in [1.29, 1.82) is 0 Å². The average Bonchev–Trinajstić information content (AvgIpc) is 2.89. The Kier molecular flexibility index (Phi) is 5.02. The molecule has 21 heavy (non-hydrogen) atoms. The number of hydrogen-bond donors (Lipinski definition) is 2. The summed E-state index contributed by atoms with van der Waals surface area (Å²) in [6.45, 7) is 2.97. The van der Waals surface area contributed by atoms with Gasteiger partial charge >= 0.3 is 0 Å². The molecule has 1 aromatic carbocycles. The van der Waals surface area contributed by atoms with Crippen LogP contribution in [0.1, 0.15) is 18.9 Å². The summed E-state index contributed by atoms with van der Waals surface area (Å²) in [6.07, 6.45) is 8.61. The van der Waals surface area contributed by atoms with Crippen LogP contribution in [0.5, 0.6) is 0 Å². The zero-order chi connectivity index (χ0) is 15.2. The third-order valence-corrected chi connectivity index (χ3v) is 3.52. The maximum absolute atomic E-state index is 12.4. The second-order valence-corrected chi connectivity index (χ2v) is 5.13. The first-order chi connectivity index (χ1) is 10.2. The van der Waals surface area contributed by atoms with Crippen LogP contribution >= 0.6 is 0 Å². The number of para-hydroxylation sites is 1. The molecule has 0 spiro atoms. The minimum atomic E-state index is -0.566. The highest BCUT2D eigenvalue weighted by atomic mass is 16.2. The second kappa shape index (κ2) is 6.96. The summed E-state index contributed by atoms with van der Waals surface area (Å²) in [7, 11) is 0. The van der Waals surface area contributed by atoms with Gasteiger partial charge in [-0.1, -0.05) is 31.0 Å². The Morgan fingerprint density at radius 1 is 1.48 bits per heavy atom. The SMILES string of the molecule is C#CCN(CCC)C(=O)[C@@H](N)Cc1c[nH]c2ccccc12. The van der Waals surface area contributed by atoms with E-state index in [-0.39, 0.29) is 5.91 Å². The lowest BCUT2D eigenvalue weighted by Crippen LogP contribution is -2.45. The van der Waals surface area contributed by atoms with Crippen LogP contribution in [0.15, 0.2) is 30.5 Å². The van der Waals surface area contributed by atoms with Gasteiger partial charge in [0.2, 0.25) is 5.91 Å². The predicted molar refractivity (Wildman–Crippen MR) is 85.7 cm³/mol. The molecule has 0 bridgehead atoms. The molecule has 0 aliphatic rings. The van der Waals surface area contributed by atoms with E-state index in [1.165, 1.54) is 0 Å². The number of nitrogens with one attached hydrogen (secondary N) is 1.